The van der Waals surface area contributed by atoms with Crippen LogP contribution in [0, 0.1) is 0 Å². The van der Waals surface area contributed by atoms with Crippen molar-refractivity contribution in [2.24, 2.45) is 0 Å². The minimum Gasteiger partial charge on any atom is -0.362 e. The lowest BCUT2D eigenvalue weighted by Crippen LogP contribution is -2.46. The van der Waals surface area contributed by atoms with Crippen LogP contribution in [0.4, 0.5) is 13.2 Å². The Kier molecular flexibility index (Phi) is 4.94. The van der Waals surface area contributed by atoms with Gasteiger partial charge in [-0.15, -0.1) is 0 Å². The summed E-state index contributed by atoms with van der Waals surface area (Å²) in [6.45, 7) is 3.56. The van der Waals surface area contributed by atoms with Crippen LogP contribution in [-0.2, 0) is 0 Å². The average molecular weight is 311 g/mol. The van der Waals surface area contributed by atoms with Gasteiger partial charge in [0.2, 0.25) is 0 Å². The molecule has 1 aromatic carbocycles. The van der Waals surface area contributed by atoms with Gasteiger partial charge in [-0.05, 0) is 33.1 Å². The molecule has 5 heteroatoms. The normalized spacial score (nSPS) is 23.5. The highest BCUT2D eigenvalue weighted by Crippen LogP contribution is 2.36. The molecule has 2 unspecified atom stereocenters. The van der Waals surface area contributed by atoms with Crippen LogP contribution >= 0.6 is 0 Å². The number of carbonyl (C=O) groups excluding carboxylic acids is 1. The van der Waals surface area contributed by atoms with Gasteiger partial charge in [0.1, 0.15) is 5.70 Å². The van der Waals surface area contributed by atoms with Crippen LogP contribution in [0.2, 0.25) is 0 Å². The Hall–Kier alpha value is -1.78. The number of hydrogen-bond acceptors (Lipinski definition) is 2. The van der Waals surface area contributed by atoms with Crippen LogP contribution in [-0.4, -0.2) is 28.9 Å². The van der Waals surface area contributed by atoms with E-state index in [4.69, 9.17) is 0 Å². The van der Waals surface area contributed by atoms with Crippen LogP contribution < -0.4 is 0 Å². The summed E-state index contributed by atoms with van der Waals surface area (Å²) in [5.41, 5.74) is -0.567. The van der Waals surface area contributed by atoms with E-state index in [2.05, 4.69) is 0 Å². The Morgan fingerprint density at radius 2 is 1.68 bits per heavy atom. The molecule has 22 heavy (non-hydrogen) atoms. The van der Waals surface area contributed by atoms with E-state index in [0.29, 0.717) is 12.8 Å². The van der Waals surface area contributed by atoms with Crippen molar-refractivity contribution in [3.05, 3.63) is 47.7 Å². The first-order valence-electron chi connectivity index (χ1n) is 7.47. The maximum Gasteiger partial charge on any atom is 0.431 e. The quantitative estimate of drug-likeness (QED) is 0.601. The molecule has 0 aliphatic carbocycles. The highest BCUT2D eigenvalue weighted by atomic mass is 19.4. The van der Waals surface area contributed by atoms with Crippen molar-refractivity contribution < 1.29 is 18.0 Å². The molecule has 2 atom stereocenters. The SMILES string of the molecule is CC1CCCC(C)N1/C(=C\C(=O)c1ccccc1)C(F)(F)F. The number of nitrogens with zero attached hydrogens (tertiary/aromatic N) is 1. The van der Waals surface area contributed by atoms with E-state index in [0.717, 1.165) is 12.5 Å². The summed E-state index contributed by atoms with van der Waals surface area (Å²) < 4.78 is 40.4. The van der Waals surface area contributed by atoms with E-state index in [9.17, 15) is 18.0 Å². The van der Waals surface area contributed by atoms with Crippen molar-refractivity contribution in [1.82, 2.24) is 4.90 Å². The largest absolute Gasteiger partial charge is 0.431 e. The molecule has 2 nitrogen and oxygen atoms in total. The van der Waals surface area contributed by atoms with Gasteiger partial charge in [0, 0.05) is 23.7 Å². The summed E-state index contributed by atoms with van der Waals surface area (Å²) in [7, 11) is 0. The zero-order valence-corrected chi connectivity index (χ0v) is 12.7. The van der Waals surface area contributed by atoms with Crippen LogP contribution in [0.1, 0.15) is 43.5 Å². The predicted octanol–water partition coefficient (Wildman–Crippen LogP) is 4.58. The second-order valence-electron chi connectivity index (χ2n) is 5.79. The van der Waals surface area contributed by atoms with E-state index in [-0.39, 0.29) is 17.6 Å². The van der Waals surface area contributed by atoms with Crippen LogP contribution in [0.5, 0.6) is 0 Å². The van der Waals surface area contributed by atoms with E-state index >= 15 is 0 Å². The fourth-order valence-electron chi connectivity index (χ4n) is 3.01. The second kappa shape index (κ2) is 6.55. The fourth-order valence-corrected chi connectivity index (χ4v) is 3.01. The predicted molar refractivity (Wildman–Crippen MR) is 79.5 cm³/mol. The molecule has 1 fully saturated rings. The molecule has 0 N–H and O–H groups in total. The zero-order valence-electron chi connectivity index (χ0n) is 12.7. The number of rotatable bonds is 3. The molecule has 0 spiro atoms. The molecule has 0 saturated carbocycles. The Bertz CT molecular complexity index is 541. The summed E-state index contributed by atoms with van der Waals surface area (Å²) in [4.78, 5) is 13.5. The van der Waals surface area contributed by atoms with Crippen molar-refractivity contribution in [3.63, 3.8) is 0 Å². The standard InChI is InChI=1S/C17H20F3NO/c1-12-7-6-8-13(2)21(12)16(17(18,19)20)11-15(22)14-9-4-3-5-10-14/h3-5,9-13H,6-8H2,1-2H3/b16-11-. The minimum atomic E-state index is -4.54. The molecule has 0 bridgehead atoms. The number of benzene rings is 1. The summed E-state index contributed by atoms with van der Waals surface area (Å²) in [5, 5.41) is 0. The molecule has 0 radical (unpaired) electrons. The lowest BCUT2D eigenvalue weighted by atomic mass is 9.96. The Morgan fingerprint density at radius 3 is 2.18 bits per heavy atom. The van der Waals surface area contributed by atoms with Crippen molar-refractivity contribution in [3.8, 4) is 0 Å². The number of allylic oxidation sites excluding steroid dienone is 2. The Balaban J connectivity index is 2.38. The number of piperidine rings is 1. The lowest BCUT2D eigenvalue weighted by molar-refractivity contribution is -0.121. The van der Waals surface area contributed by atoms with Crippen LogP contribution in [0.3, 0.4) is 0 Å². The smallest absolute Gasteiger partial charge is 0.362 e. The van der Waals surface area contributed by atoms with Gasteiger partial charge in [0.25, 0.3) is 0 Å². The molecule has 1 heterocycles. The summed E-state index contributed by atoms with van der Waals surface area (Å²) in [6.07, 6.45) is -1.47. The molecular formula is C17H20F3NO. The van der Waals surface area contributed by atoms with E-state index in [1.54, 1.807) is 32.0 Å². The fraction of sp³-hybridized carbons (Fsp3) is 0.471. The average Bonchev–Trinajstić information content (AvgIpc) is 2.45. The number of carbonyl (C=O) groups is 1. The van der Waals surface area contributed by atoms with Gasteiger partial charge in [-0.1, -0.05) is 30.3 Å². The molecule has 1 aromatic rings. The van der Waals surface area contributed by atoms with Gasteiger partial charge in [-0.3, -0.25) is 4.79 Å². The number of ketones is 1. The highest BCUT2D eigenvalue weighted by molar-refractivity contribution is 6.04. The number of hydrogen-bond donors (Lipinski definition) is 0. The second-order valence-corrected chi connectivity index (χ2v) is 5.79. The molecule has 0 aromatic heterocycles. The maximum atomic E-state index is 13.5. The van der Waals surface area contributed by atoms with E-state index < -0.39 is 17.7 Å². The van der Waals surface area contributed by atoms with Gasteiger partial charge in [-0.25, -0.2) is 0 Å². The number of halogens is 3. The monoisotopic (exact) mass is 311 g/mol. The molecule has 1 aliphatic rings. The Morgan fingerprint density at radius 1 is 1.14 bits per heavy atom. The van der Waals surface area contributed by atoms with Crippen molar-refractivity contribution in [2.45, 2.75) is 51.4 Å². The van der Waals surface area contributed by atoms with Gasteiger partial charge in [0.15, 0.2) is 5.78 Å². The van der Waals surface area contributed by atoms with Gasteiger partial charge >= 0.3 is 6.18 Å². The Labute approximate surface area is 128 Å². The van der Waals surface area contributed by atoms with Crippen molar-refractivity contribution in [1.29, 1.82) is 0 Å². The maximum absolute atomic E-state index is 13.5. The molecule has 0 amide bonds. The molecular weight excluding hydrogens is 291 g/mol. The van der Waals surface area contributed by atoms with Gasteiger partial charge < -0.3 is 4.90 Å². The minimum absolute atomic E-state index is 0.222. The number of likely N-dealkylation sites (tertiary alicyclic amines) is 1. The zero-order chi connectivity index (χ0) is 16.3. The van der Waals surface area contributed by atoms with Crippen molar-refractivity contribution in [2.75, 3.05) is 0 Å². The molecule has 2 rings (SSSR count). The van der Waals surface area contributed by atoms with Crippen LogP contribution in [0.25, 0.3) is 0 Å². The first-order valence-corrected chi connectivity index (χ1v) is 7.47. The molecule has 120 valence electrons. The summed E-state index contributed by atoms with van der Waals surface area (Å²) >= 11 is 0. The first-order chi connectivity index (χ1) is 10.3. The topological polar surface area (TPSA) is 20.3 Å². The van der Waals surface area contributed by atoms with E-state index in [1.165, 1.54) is 17.0 Å². The number of alkyl halides is 3. The third-order valence-electron chi connectivity index (χ3n) is 4.09. The lowest BCUT2D eigenvalue weighted by Gasteiger charge is -2.42. The third kappa shape index (κ3) is 3.70. The van der Waals surface area contributed by atoms with E-state index in [1.807, 2.05) is 0 Å². The third-order valence-corrected chi connectivity index (χ3v) is 4.09. The summed E-state index contributed by atoms with van der Waals surface area (Å²) in [5.74, 6) is -0.613. The van der Waals surface area contributed by atoms with Gasteiger partial charge in [0.05, 0.1) is 0 Å². The summed E-state index contributed by atoms with van der Waals surface area (Å²) in [6, 6.07) is 7.60. The molecule has 1 aliphatic heterocycles. The van der Waals surface area contributed by atoms with Crippen LogP contribution in [0.15, 0.2) is 42.1 Å². The van der Waals surface area contributed by atoms with Gasteiger partial charge in [-0.2, -0.15) is 13.2 Å². The highest BCUT2D eigenvalue weighted by Gasteiger charge is 2.42. The van der Waals surface area contributed by atoms with Crippen molar-refractivity contribution >= 4 is 5.78 Å². The first kappa shape index (κ1) is 16.6. The molecule has 1 saturated heterocycles.